The maximum atomic E-state index is 5.17. The van der Waals surface area contributed by atoms with E-state index in [1.165, 1.54) is 16.8 Å². The van der Waals surface area contributed by atoms with Crippen molar-refractivity contribution in [2.75, 3.05) is 23.0 Å². The number of anilines is 2. The van der Waals surface area contributed by atoms with Crippen molar-refractivity contribution in [1.82, 2.24) is 9.55 Å². The fourth-order valence-electron chi connectivity index (χ4n) is 5.48. The molecule has 1 atom stereocenters. The van der Waals surface area contributed by atoms with Crippen molar-refractivity contribution in [3.63, 3.8) is 0 Å². The molecule has 0 bridgehead atoms. The Morgan fingerprint density at radius 3 is 2.11 bits per heavy atom. The fraction of sp³-hybridized carbons (Fsp3) is 0.212. The maximum Gasteiger partial charge on any atom is 0.140 e. The molecule has 6 rings (SSSR count). The summed E-state index contributed by atoms with van der Waals surface area (Å²) in [5.74, 6) is 0.969. The largest absolute Gasteiger partial charge is 0.372 e. The van der Waals surface area contributed by atoms with Crippen LogP contribution in [0.4, 0.5) is 11.4 Å². The second-order valence-electron chi connectivity index (χ2n) is 9.77. The van der Waals surface area contributed by atoms with Gasteiger partial charge in [-0.2, -0.15) is 5.10 Å². The van der Waals surface area contributed by atoms with Gasteiger partial charge in [0.15, 0.2) is 0 Å². The average Bonchev–Trinajstić information content (AvgIpc) is 3.57. The molecule has 0 aliphatic carbocycles. The van der Waals surface area contributed by atoms with Gasteiger partial charge in [0, 0.05) is 37.8 Å². The number of hydrogen-bond donors (Lipinski definition) is 0. The van der Waals surface area contributed by atoms with Crippen LogP contribution in [0.3, 0.4) is 0 Å². The molecule has 0 fully saturated rings. The standard InChI is InChI=1S/C33H33N5/c1-4-37(5-2)27-19-15-24(16-20-27)30-23-32(25-11-7-6-8-12-25)38(35-30)28-21-17-26(18-22-28)33-34-29-13-9-10-14-31(29)36(33)3/h6-22,32H,4-5,23H2,1-3H3. The van der Waals surface area contributed by atoms with Gasteiger partial charge in [0.1, 0.15) is 5.82 Å². The van der Waals surface area contributed by atoms with E-state index in [1.807, 2.05) is 6.07 Å². The minimum atomic E-state index is 0.148. The molecule has 5 heteroatoms. The number of hydrogen-bond acceptors (Lipinski definition) is 4. The number of hydrazone groups is 1. The molecule has 0 radical (unpaired) electrons. The summed E-state index contributed by atoms with van der Waals surface area (Å²) in [4.78, 5) is 7.24. The summed E-state index contributed by atoms with van der Waals surface area (Å²) in [6.45, 7) is 6.40. The lowest BCUT2D eigenvalue weighted by Gasteiger charge is -2.24. The molecule has 2 heterocycles. The monoisotopic (exact) mass is 499 g/mol. The van der Waals surface area contributed by atoms with Gasteiger partial charge in [-0.1, -0.05) is 54.6 Å². The summed E-state index contributed by atoms with van der Waals surface area (Å²) >= 11 is 0. The summed E-state index contributed by atoms with van der Waals surface area (Å²) in [6.07, 6.45) is 0.862. The second-order valence-corrected chi connectivity index (χ2v) is 9.77. The molecular weight excluding hydrogens is 466 g/mol. The van der Waals surface area contributed by atoms with Gasteiger partial charge in [-0.15, -0.1) is 0 Å². The summed E-state index contributed by atoms with van der Waals surface area (Å²) < 4.78 is 2.16. The Kier molecular flexibility index (Phi) is 6.42. The minimum absolute atomic E-state index is 0.148. The van der Waals surface area contributed by atoms with Crippen LogP contribution < -0.4 is 9.91 Å². The average molecular weight is 500 g/mol. The molecule has 1 aromatic heterocycles. The zero-order valence-electron chi connectivity index (χ0n) is 22.2. The van der Waals surface area contributed by atoms with Gasteiger partial charge in [0.25, 0.3) is 0 Å². The number of benzene rings is 4. The molecule has 0 N–H and O–H groups in total. The highest BCUT2D eigenvalue weighted by molar-refractivity contribution is 6.03. The minimum Gasteiger partial charge on any atom is -0.372 e. The smallest absolute Gasteiger partial charge is 0.140 e. The summed E-state index contributed by atoms with van der Waals surface area (Å²) in [7, 11) is 2.08. The molecule has 38 heavy (non-hydrogen) atoms. The fourth-order valence-corrected chi connectivity index (χ4v) is 5.48. The highest BCUT2D eigenvalue weighted by Gasteiger charge is 2.30. The molecule has 0 spiro atoms. The van der Waals surface area contributed by atoms with Gasteiger partial charge in [0.05, 0.1) is 28.5 Å². The number of fused-ring (bicyclic) bond motifs is 1. The molecule has 190 valence electrons. The Balaban J connectivity index is 1.34. The van der Waals surface area contributed by atoms with Crippen LogP contribution in [0.15, 0.2) is 108 Å². The van der Waals surface area contributed by atoms with E-state index in [0.29, 0.717) is 0 Å². The molecule has 1 unspecified atom stereocenters. The van der Waals surface area contributed by atoms with Crippen molar-refractivity contribution in [2.24, 2.45) is 12.1 Å². The highest BCUT2D eigenvalue weighted by atomic mass is 15.5. The zero-order valence-corrected chi connectivity index (χ0v) is 22.2. The molecular formula is C33H33N5. The topological polar surface area (TPSA) is 36.7 Å². The number of aryl methyl sites for hydroxylation is 1. The van der Waals surface area contributed by atoms with Crippen LogP contribution in [0.5, 0.6) is 0 Å². The van der Waals surface area contributed by atoms with E-state index in [0.717, 1.165) is 53.3 Å². The number of rotatable bonds is 7. The predicted molar refractivity (Wildman–Crippen MR) is 159 cm³/mol. The van der Waals surface area contributed by atoms with E-state index in [1.54, 1.807) is 0 Å². The van der Waals surface area contributed by atoms with E-state index in [4.69, 9.17) is 10.1 Å². The number of imidazole rings is 1. The van der Waals surface area contributed by atoms with Crippen LogP contribution >= 0.6 is 0 Å². The predicted octanol–water partition coefficient (Wildman–Crippen LogP) is 7.44. The Labute approximate surface area is 224 Å². The first-order chi connectivity index (χ1) is 18.7. The van der Waals surface area contributed by atoms with E-state index < -0.39 is 0 Å². The van der Waals surface area contributed by atoms with Crippen LogP contribution in [0.1, 0.15) is 37.4 Å². The summed E-state index contributed by atoms with van der Waals surface area (Å²) in [5.41, 5.74) is 9.15. The van der Waals surface area contributed by atoms with Gasteiger partial charge in [0.2, 0.25) is 0 Å². The molecule has 1 aliphatic rings. The third kappa shape index (κ3) is 4.34. The lowest BCUT2D eigenvalue weighted by molar-refractivity contribution is 0.709. The Morgan fingerprint density at radius 1 is 0.763 bits per heavy atom. The van der Waals surface area contributed by atoms with Crippen molar-refractivity contribution in [3.8, 4) is 11.4 Å². The molecule has 0 saturated carbocycles. The van der Waals surface area contributed by atoms with E-state index in [-0.39, 0.29) is 6.04 Å². The van der Waals surface area contributed by atoms with Crippen LogP contribution in [-0.4, -0.2) is 28.4 Å². The van der Waals surface area contributed by atoms with Gasteiger partial charge in [-0.05, 0) is 73.5 Å². The third-order valence-corrected chi connectivity index (χ3v) is 7.60. The normalized spacial score (nSPS) is 15.2. The summed E-state index contributed by atoms with van der Waals surface area (Å²) in [5, 5.41) is 7.35. The summed E-state index contributed by atoms with van der Waals surface area (Å²) in [6, 6.07) is 36.6. The Morgan fingerprint density at radius 2 is 1.42 bits per heavy atom. The first-order valence-electron chi connectivity index (χ1n) is 13.4. The molecule has 0 saturated heterocycles. The SMILES string of the molecule is CCN(CC)c1ccc(C2=NN(c3ccc(-c4nc5ccccc5n4C)cc3)C(c3ccccc3)C2)cc1. The first kappa shape index (κ1) is 24.0. The van der Waals surface area contributed by atoms with Crippen molar-refractivity contribution in [2.45, 2.75) is 26.3 Å². The number of aromatic nitrogens is 2. The Hall–Kier alpha value is -4.38. The molecule has 1 aliphatic heterocycles. The van der Waals surface area contributed by atoms with E-state index >= 15 is 0 Å². The van der Waals surface area contributed by atoms with Crippen molar-refractivity contribution in [1.29, 1.82) is 0 Å². The maximum absolute atomic E-state index is 5.17. The van der Waals surface area contributed by atoms with Crippen LogP contribution in [0.25, 0.3) is 22.4 Å². The van der Waals surface area contributed by atoms with Crippen LogP contribution in [-0.2, 0) is 7.05 Å². The molecule has 5 aromatic rings. The number of para-hydroxylation sites is 2. The first-order valence-corrected chi connectivity index (χ1v) is 13.4. The number of nitrogens with zero attached hydrogens (tertiary/aromatic N) is 5. The van der Waals surface area contributed by atoms with Crippen LogP contribution in [0, 0.1) is 0 Å². The van der Waals surface area contributed by atoms with Gasteiger partial charge < -0.3 is 9.47 Å². The van der Waals surface area contributed by atoms with Crippen molar-refractivity contribution in [3.05, 3.63) is 114 Å². The van der Waals surface area contributed by atoms with Crippen LogP contribution in [0.2, 0.25) is 0 Å². The quantitative estimate of drug-likeness (QED) is 0.233. The van der Waals surface area contributed by atoms with Gasteiger partial charge >= 0.3 is 0 Å². The van der Waals surface area contributed by atoms with Crippen molar-refractivity contribution < 1.29 is 0 Å². The zero-order chi connectivity index (χ0) is 26.1. The molecule has 5 nitrogen and oxygen atoms in total. The van der Waals surface area contributed by atoms with E-state index in [9.17, 15) is 0 Å². The van der Waals surface area contributed by atoms with E-state index in [2.05, 4.69) is 132 Å². The lowest BCUT2D eigenvalue weighted by atomic mass is 9.98. The highest BCUT2D eigenvalue weighted by Crippen LogP contribution is 2.37. The molecule has 4 aromatic carbocycles. The van der Waals surface area contributed by atoms with Gasteiger partial charge in [-0.25, -0.2) is 4.98 Å². The van der Waals surface area contributed by atoms with Crippen molar-refractivity contribution >= 4 is 28.1 Å². The Bertz CT molecular complexity index is 1560. The second kappa shape index (κ2) is 10.2. The van der Waals surface area contributed by atoms with Gasteiger partial charge in [-0.3, -0.25) is 5.01 Å². The molecule has 0 amide bonds. The lowest BCUT2D eigenvalue weighted by Crippen LogP contribution is -2.21. The third-order valence-electron chi connectivity index (χ3n) is 7.60.